The molecular formula is C18H21NO2. The molecule has 3 heteroatoms. The molecule has 0 unspecified atom stereocenters. The molecular weight excluding hydrogens is 262 g/mol. The number of carbonyl (C=O) groups is 1. The predicted octanol–water partition coefficient (Wildman–Crippen LogP) is 3.97. The van der Waals surface area contributed by atoms with E-state index in [-0.39, 0.29) is 11.7 Å². The van der Waals surface area contributed by atoms with Gasteiger partial charge in [-0.25, -0.2) is 0 Å². The Labute approximate surface area is 125 Å². The molecule has 21 heavy (non-hydrogen) atoms. The maximum atomic E-state index is 11.9. The third kappa shape index (κ3) is 4.63. The molecule has 0 bridgehead atoms. The van der Waals surface area contributed by atoms with Gasteiger partial charge in [0, 0.05) is 6.42 Å². The molecule has 0 aliphatic carbocycles. The number of carbonyl (C=O) groups excluding carboxylic acids is 1. The number of nitrogens with one attached hydrogen (secondary N) is 1. The van der Waals surface area contributed by atoms with Crippen molar-refractivity contribution in [3.63, 3.8) is 0 Å². The average Bonchev–Trinajstić information content (AvgIpc) is 2.45. The molecule has 0 spiro atoms. The Morgan fingerprint density at radius 2 is 1.71 bits per heavy atom. The lowest BCUT2D eigenvalue weighted by Crippen LogP contribution is -2.11. The third-order valence-electron chi connectivity index (χ3n) is 3.42. The van der Waals surface area contributed by atoms with Crippen LogP contribution >= 0.6 is 0 Å². The highest BCUT2D eigenvalue weighted by Gasteiger charge is 2.06. The fourth-order valence-corrected chi connectivity index (χ4v) is 2.17. The summed E-state index contributed by atoms with van der Waals surface area (Å²) >= 11 is 0. The second kappa shape index (κ2) is 6.93. The molecule has 110 valence electrons. The number of rotatable bonds is 5. The van der Waals surface area contributed by atoms with Gasteiger partial charge in [0.1, 0.15) is 5.75 Å². The highest BCUT2D eigenvalue weighted by atomic mass is 16.3. The molecule has 0 aliphatic heterocycles. The summed E-state index contributed by atoms with van der Waals surface area (Å²) in [6, 6.07) is 13.5. The number of hydrogen-bond donors (Lipinski definition) is 2. The maximum Gasteiger partial charge on any atom is 0.224 e. The number of amides is 1. The number of aryl methyl sites for hydroxylation is 3. The van der Waals surface area contributed by atoms with Crippen LogP contribution in [0.4, 0.5) is 5.69 Å². The zero-order valence-corrected chi connectivity index (χ0v) is 12.5. The van der Waals surface area contributed by atoms with E-state index in [0.29, 0.717) is 12.1 Å². The average molecular weight is 283 g/mol. The van der Waals surface area contributed by atoms with E-state index >= 15 is 0 Å². The van der Waals surface area contributed by atoms with Gasteiger partial charge in [0.15, 0.2) is 0 Å². The molecule has 0 radical (unpaired) electrons. The van der Waals surface area contributed by atoms with E-state index in [2.05, 4.69) is 36.5 Å². The summed E-state index contributed by atoms with van der Waals surface area (Å²) in [5.74, 6) is 0.0375. The molecule has 0 aliphatic rings. The van der Waals surface area contributed by atoms with Crippen LogP contribution in [0.3, 0.4) is 0 Å². The smallest absolute Gasteiger partial charge is 0.224 e. The minimum Gasteiger partial charge on any atom is -0.506 e. The van der Waals surface area contributed by atoms with Crippen molar-refractivity contribution >= 4 is 11.6 Å². The molecule has 0 atom stereocenters. The first-order valence-electron chi connectivity index (χ1n) is 7.19. The lowest BCUT2D eigenvalue weighted by molar-refractivity contribution is -0.116. The quantitative estimate of drug-likeness (QED) is 0.816. The van der Waals surface area contributed by atoms with Gasteiger partial charge in [0.25, 0.3) is 0 Å². The Bertz CT molecular complexity index is 618. The Hall–Kier alpha value is -2.29. The predicted molar refractivity (Wildman–Crippen MR) is 85.6 cm³/mol. The number of hydrogen-bond acceptors (Lipinski definition) is 2. The Morgan fingerprint density at radius 3 is 2.43 bits per heavy atom. The van der Waals surface area contributed by atoms with E-state index in [0.717, 1.165) is 18.4 Å². The fourth-order valence-electron chi connectivity index (χ4n) is 2.17. The van der Waals surface area contributed by atoms with Gasteiger partial charge in [-0.1, -0.05) is 35.9 Å². The van der Waals surface area contributed by atoms with Crippen molar-refractivity contribution in [2.75, 3.05) is 5.32 Å². The third-order valence-corrected chi connectivity index (χ3v) is 3.42. The maximum absolute atomic E-state index is 11.9. The van der Waals surface area contributed by atoms with E-state index in [1.807, 2.05) is 13.0 Å². The molecule has 2 aromatic carbocycles. The van der Waals surface area contributed by atoms with Crippen LogP contribution in [-0.4, -0.2) is 11.0 Å². The van der Waals surface area contributed by atoms with Crippen molar-refractivity contribution in [3.8, 4) is 5.75 Å². The SMILES string of the molecule is Cc1ccc(CCCC(=O)Nc2cc(C)ccc2O)cc1. The van der Waals surface area contributed by atoms with Crippen LogP contribution in [-0.2, 0) is 11.2 Å². The number of aromatic hydroxyl groups is 1. The van der Waals surface area contributed by atoms with Gasteiger partial charge in [0.2, 0.25) is 5.91 Å². The van der Waals surface area contributed by atoms with Gasteiger partial charge in [-0.05, 0) is 49.9 Å². The molecule has 0 aromatic heterocycles. The van der Waals surface area contributed by atoms with E-state index in [1.54, 1.807) is 12.1 Å². The minimum atomic E-state index is -0.0667. The van der Waals surface area contributed by atoms with Crippen molar-refractivity contribution in [2.45, 2.75) is 33.1 Å². The van der Waals surface area contributed by atoms with Crippen LogP contribution < -0.4 is 5.32 Å². The van der Waals surface area contributed by atoms with Gasteiger partial charge in [0.05, 0.1) is 5.69 Å². The Balaban J connectivity index is 1.82. The second-order valence-corrected chi connectivity index (χ2v) is 5.41. The normalized spacial score (nSPS) is 10.4. The van der Waals surface area contributed by atoms with Crippen LogP contribution in [0.15, 0.2) is 42.5 Å². The van der Waals surface area contributed by atoms with Crippen molar-refractivity contribution in [1.29, 1.82) is 0 Å². The number of phenolic OH excluding ortho intramolecular Hbond substituents is 1. The second-order valence-electron chi connectivity index (χ2n) is 5.41. The number of benzene rings is 2. The molecule has 0 fully saturated rings. The van der Waals surface area contributed by atoms with E-state index < -0.39 is 0 Å². The number of phenols is 1. The monoisotopic (exact) mass is 283 g/mol. The van der Waals surface area contributed by atoms with Crippen molar-refractivity contribution in [3.05, 3.63) is 59.2 Å². The largest absolute Gasteiger partial charge is 0.506 e. The summed E-state index contributed by atoms with van der Waals surface area (Å²) in [6.07, 6.45) is 2.12. The Kier molecular flexibility index (Phi) is 4.99. The van der Waals surface area contributed by atoms with E-state index in [4.69, 9.17) is 0 Å². The topological polar surface area (TPSA) is 49.3 Å². The van der Waals surface area contributed by atoms with Crippen LogP contribution in [0.25, 0.3) is 0 Å². The van der Waals surface area contributed by atoms with Crippen LogP contribution in [0, 0.1) is 13.8 Å². The summed E-state index contributed by atoms with van der Waals surface area (Å²) in [5.41, 5.74) is 3.97. The van der Waals surface area contributed by atoms with E-state index in [1.165, 1.54) is 11.1 Å². The molecule has 1 amide bonds. The van der Waals surface area contributed by atoms with Gasteiger partial charge >= 0.3 is 0 Å². The molecule has 3 nitrogen and oxygen atoms in total. The zero-order chi connectivity index (χ0) is 15.2. The first kappa shape index (κ1) is 15.1. The summed E-state index contributed by atoms with van der Waals surface area (Å²) < 4.78 is 0. The Morgan fingerprint density at radius 1 is 1.05 bits per heavy atom. The summed E-state index contributed by atoms with van der Waals surface area (Å²) in [5, 5.41) is 12.5. The van der Waals surface area contributed by atoms with Crippen molar-refractivity contribution < 1.29 is 9.90 Å². The van der Waals surface area contributed by atoms with Gasteiger partial charge in [-0.3, -0.25) is 4.79 Å². The first-order chi connectivity index (χ1) is 10.0. The van der Waals surface area contributed by atoms with Crippen molar-refractivity contribution in [1.82, 2.24) is 0 Å². The zero-order valence-electron chi connectivity index (χ0n) is 12.5. The van der Waals surface area contributed by atoms with Crippen LogP contribution in [0.1, 0.15) is 29.5 Å². The van der Waals surface area contributed by atoms with E-state index in [9.17, 15) is 9.90 Å². The fraction of sp³-hybridized carbons (Fsp3) is 0.278. The molecule has 2 rings (SSSR count). The first-order valence-corrected chi connectivity index (χ1v) is 7.19. The van der Waals surface area contributed by atoms with Gasteiger partial charge < -0.3 is 10.4 Å². The lowest BCUT2D eigenvalue weighted by atomic mass is 10.1. The number of anilines is 1. The highest BCUT2D eigenvalue weighted by Crippen LogP contribution is 2.24. The highest BCUT2D eigenvalue weighted by molar-refractivity contribution is 5.92. The molecule has 2 aromatic rings. The van der Waals surface area contributed by atoms with Crippen LogP contribution in [0.2, 0.25) is 0 Å². The van der Waals surface area contributed by atoms with Gasteiger partial charge in [-0.15, -0.1) is 0 Å². The lowest BCUT2D eigenvalue weighted by Gasteiger charge is -2.08. The summed E-state index contributed by atoms with van der Waals surface area (Å²) in [7, 11) is 0. The summed E-state index contributed by atoms with van der Waals surface area (Å²) in [6.45, 7) is 3.98. The summed E-state index contributed by atoms with van der Waals surface area (Å²) in [4.78, 5) is 11.9. The van der Waals surface area contributed by atoms with Crippen LogP contribution in [0.5, 0.6) is 5.75 Å². The van der Waals surface area contributed by atoms with Crippen molar-refractivity contribution in [2.24, 2.45) is 0 Å². The molecule has 0 saturated heterocycles. The minimum absolute atomic E-state index is 0.0667. The molecule has 2 N–H and O–H groups in total. The standard InChI is InChI=1S/C18H21NO2/c1-13-6-9-15(10-7-13)4-3-5-18(21)19-16-12-14(2)8-11-17(16)20/h6-12,20H,3-5H2,1-2H3,(H,19,21). The molecule has 0 saturated carbocycles. The molecule has 0 heterocycles. The van der Waals surface area contributed by atoms with Gasteiger partial charge in [-0.2, -0.15) is 0 Å².